The standard InChI is InChI=1S/C23H25ClN2O/c1-15-6-7-16(2)18(12-15)20-14-21-19-13-17(24)8-9-22(19)27-23(26(21)25-20)10-4-3-5-11-23/h6-9,12-13,21H,3-5,10-11,14H2,1-2H3/t21-/m1/s1. The van der Waals surface area contributed by atoms with E-state index in [0.717, 1.165) is 30.0 Å². The summed E-state index contributed by atoms with van der Waals surface area (Å²) in [6.45, 7) is 4.32. The highest BCUT2D eigenvalue weighted by Crippen LogP contribution is 2.51. The molecule has 0 bridgehead atoms. The van der Waals surface area contributed by atoms with Gasteiger partial charge < -0.3 is 4.74 Å². The van der Waals surface area contributed by atoms with E-state index in [2.05, 4.69) is 43.1 Å². The normalized spacial score (nSPS) is 22.9. The minimum Gasteiger partial charge on any atom is -0.466 e. The summed E-state index contributed by atoms with van der Waals surface area (Å²) in [5.41, 5.74) is 5.85. The van der Waals surface area contributed by atoms with E-state index in [9.17, 15) is 0 Å². The van der Waals surface area contributed by atoms with E-state index in [-0.39, 0.29) is 11.8 Å². The summed E-state index contributed by atoms with van der Waals surface area (Å²) in [6, 6.07) is 12.9. The topological polar surface area (TPSA) is 24.8 Å². The Labute approximate surface area is 166 Å². The minimum atomic E-state index is -0.302. The average molecular weight is 381 g/mol. The van der Waals surface area contributed by atoms with Crippen molar-refractivity contribution in [1.82, 2.24) is 5.01 Å². The summed E-state index contributed by atoms with van der Waals surface area (Å²) in [5.74, 6) is 0.986. The molecule has 1 fully saturated rings. The molecule has 0 aromatic heterocycles. The zero-order chi connectivity index (χ0) is 18.6. The second-order valence-electron chi connectivity index (χ2n) is 8.22. The van der Waals surface area contributed by atoms with Crippen molar-refractivity contribution < 1.29 is 4.74 Å². The number of aryl methyl sites for hydroxylation is 2. The lowest BCUT2D eigenvalue weighted by Crippen LogP contribution is -2.54. The molecular formula is C23H25ClN2O. The third-order valence-electron chi connectivity index (χ3n) is 6.30. The molecule has 2 aliphatic heterocycles. The van der Waals surface area contributed by atoms with Crippen LogP contribution in [0.15, 0.2) is 41.5 Å². The monoisotopic (exact) mass is 380 g/mol. The lowest BCUT2D eigenvalue weighted by Gasteiger charge is -2.49. The van der Waals surface area contributed by atoms with Gasteiger partial charge in [0.05, 0.1) is 11.8 Å². The Morgan fingerprint density at radius 3 is 2.70 bits per heavy atom. The number of ether oxygens (including phenoxy) is 1. The molecule has 0 N–H and O–H groups in total. The van der Waals surface area contributed by atoms with Crippen LogP contribution < -0.4 is 4.74 Å². The Morgan fingerprint density at radius 1 is 1.07 bits per heavy atom. The summed E-state index contributed by atoms with van der Waals surface area (Å²) in [4.78, 5) is 0. The molecule has 3 nitrogen and oxygen atoms in total. The van der Waals surface area contributed by atoms with Crippen molar-refractivity contribution in [3.05, 3.63) is 63.7 Å². The number of halogens is 1. The molecule has 3 aliphatic rings. The van der Waals surface area contributed by atoms with Gasteiger partial charge in [-0.3, -0.25) is 0 Å². The van der Waals surface area contributed by atoms with Gasteiger partial charge in [0.2, 0.25) is 0 Å². The van der Waals surface area contributed by atoms with Crippen molar-refractivity contribution in [3.8, 4) is 5.75 Å². The quantitative estimate of drug-likeness (QED) is 0.591. The maximum Gasteiger partial charge on any atom is 0.198 e. The molecule has 0 unspecified atom stereocenters. The van der Waals surface area contributed by atoms with Crippen LogP contribution in [0.2, 0.25) is 5.02 Å². The molecule has 140 valence electrons. The van der Waals surface area contributed by atoms with Crippen LogP contribution >= 0.6 is 11.6 Å². The maximum absolute atomic E-state index is 6.63. The van der Waals surface area contributed by atoms with Gasteiger partial charge in [-0.25, -0.2) is 5.01 Å². The van der Waals surface area contributed by atoms with E-state index in [1.807, 2.05) is 12.1 Å². The van der Waals surface area contributed by atoms with Crippen LogP contribution in [0.5, 0.6) is 5.75 Å². The number of hydrogen-bond acceptors (Lipinski definition) is 3. The largest absolute Gasteiger partial charge is 0.466 e. The maximum atomic E-state index is 6.63. The van der Waals surface area contributed by atoms with Crippen molar-refractivity contribution in [1.29, 1.82) is 0 Å². The minimum absolute atomic E-state index is 0.209. The third-order valence-corrected chi connectivity index (χ3v) is 6.53. The van der Waals surface area contributed by atoms with Crippen molar-refractivity contribution in [2.45, 2.75) is 64.1 Å². The number of nitrogens with zero attached hydrogens (tertiary/aromatic N) is 2. The van der Waals surface area contributed by atoms with Crippen LogP contribution in [-0.4, -0.2) is 16.4 Å². The smallest absolute Gasteiger partial charge is 0.198 e. The highest BCUT2D eigenvalue weighted by Gasteiger charge is 2.50. The highest BCUT2D eigenvalue weighted by molar-refractivity contribution is 6.30. The first-order valence-corrected chi connectivity index (χ1v) is 10.4. The molecule has 1 atom stereocenters. The Balaban J connectivity index is 1.63. The van der Waals surface area contributed by atoms with Crippen LogP contribution in [-0.2, 0) is 0 Å². The number of hydrazone groups is 1. The lowest BCUT2D eigenvalue weighted by atomic mass is 9.86. The summed E-state index contributed by atoms with van der Waals surface area (Å²) in [6.07, 6.45) is 6.65. The predicted octanol–water partition coefficient (Wildman–Crippen LogP) is 6.16. The van der Waals surface area contributed by atoms with Crippen molar-refractivity contribution in [2.75, 3.05) is 0 Å². The molecule has 1 aliphatic carbocycles. The van der Waals surface area contributed by atoms with E-state index < -0.39 is 0 Å². The second kappa shape index (κ2) is 6.27. The number of hydrogen-bond donors (Lipinski definition) is 0. The SMILES string of the molecule is Cc1ccc(C)c(C2=NN3[C@H](C2)c2cc(Cl)ccc2OC32CCCCC2)c1. The van der Waals surface area contributed by atoms with Gasteiger partial charge in [0, 0.05) is 35.4 Å². The zero-order valence-corrected chi connectivity index (χ0v) is 16.7. The predicted molar refractivity (Wildman–Crippen MR) is 110 cm³/mol. The van der Waals surface area contributed by atoms with Gasteiger partial charge in [-0.1, -0.05) is 35.7 Å². The van der Waals surface area contributed by atoms with Crippen LogP contribution in [0.25, 0.3) is 0 Å². The highest BCUT2D eigenvalue weighted by atomic mass is 35.5. The van der Waals surface area contributed by atoms with Crippen LogP contribution in [0, 0.1) is 13.8 Å². The van der Waals surface area contributed by atoms with Crippen LogP contribution in [0.1, 0.15) is 66.8 Å². The van der Waals surface area contributed by atoms with E-state index in [0.29, 0.717) is 0 Å². The molecule has 0 saturated heterocycles. The van der Waals surface area contributed by atoms with Gasteiger partial charge in [-0.15, -0.1) is 0 Å². The fraction of sp³-hybridized carbons (Fsp3) is 0.435. The Hall–Kier alpha value is -2.00. The van der Waals surface area contributed by atoms with Crippen LogP contribution in [0.4, 0.5) is 0 Å². The molecule has 2 heterocycles. The molecule has 0 radical (unpaired) electrons. The van der Waals surface area contributed by atoms with Gasteiger partial charge >= 0.3 is 0 Å². The Kier molecular flexibility index (Phi) is 3.98. The molecule has 27 heavy (non-hydrogen) atoms. The summed E-state index contributed by atoms with van der Waals surface area (Å²) >= 11 is 6.33. The lowest BCUT2D eigenvalue weighted by molar-refractivity contribution is -0.140. The van der Waals surface area contributed by atoms with Gasteiger partial charge in [0.25, 0.3) is 0 Å². The summed E-state index contributed by atoms with van der Waals surface area (Å²) < 4.78 is 6.63. The Morgan fingerprint density at radius 2 is 1.89 bits per heavy atom. The fourth-order valence-electron chi connectivity index (χ4n) is 4.90. The third kappa shape index (κ3) is 2.75. The van der Waals surface area contributed by atoms with Crippen molar-refractivity contribution >= 4 is 17.3 Å². The van der Waals surface area contributed by atoms with E-state index in [1.54, 1.807) is 0 Å². The molecule has 2 aromatic rings. The molecule has 5 rings (SSSR count). The zero-order valence-electron chi connectivity index (χ0n) is 16.0. The van der Waals surface area contributed by atoms with E-state index >= 15 is 0 Å². The number of rotatable bonds is 1. The molecule has 1 spiro atoms. The van der Waals surface area contributed by atoms with E-state index in [4.69, 9.17) is 21.4 Å². The fourth-order valence-corrected chi connectivity index (χ4v) is 5.08. The van der Waals surface area contributed by atoms with Gasteiger partial charge in [-0.2, -0.15) is 5.10 Å². The molecule has 4 heteroatoms. The van der Waals surface area contributed by atoms with Crippen molar-refractivity contribution in [2.24, 2.45) is 5.10 Å². The first-order chi connectivity index (χ1) is 13.1. The number of benzene rings is 2. The first kappa shape index (κ1) is 17.1. The molecule has 1 saturated carbocycles. The molecular weight excluding hydrogens is 356 g/mol. The summed E-state index contributed by atoms with van der Waals surface area (Å²) in [5, 5.41) is 8.21. The second-order valence-corrected chi connectivity index (χ2v) is 8.66. The summed E-state index contributed by atoms with van der Waals surface area (Å²) in [7, 11) is 0. The van der Waals surface area contributed by atoms with Crippen molar-refractivity contribution in [3.63, 3.8) is 0 Å². The molecule has 0 amide bonds. The van der Waals surface area contributed by atoms with E-state index in [1.165, 1.54) is 47.2 Å². The first-order valence-electron chi connectivity index (χ1n) is 9.99. The van der Waals surface area contributed by atoms with Gasteiger partial charge in [-0.05, 0) is 56.5 Å². The van der Waals surface area contributed by atoms with Crippen LogP contribution in [0.3, 0.4) is 0 Å². The van der Waals surface area contributed by atoms with Gasteiger partial charge in [0.15, 0.2) is 5.72 Å². The Bertz CT molecular complexity index is 930. The number of fused-ring (bicyclic) bond motifs is 4. The molecule has 2 aromatic carbocycles. The average Bonchev–Trinajstić information content (AvgIpc) is 3.12. The van der Waals surface area contributed by atoms with Gasteiger partial charge in [0.1, 0.15) is 5.75 Å².